The fourth-order valence-electron chi connectivity index (χ4n) is 2.96. The van der Waals surface area contributed by atoms with Crippen LogP contribution in [0.15, 0.2) is 36.8 Å². The molecule has 0 spiro atoms. The number of hydrogen-bond donors (Lipinski definition) is 0. The third-order valence-electron chi connectivity index (χ3n) is 4.54. The van der Waals surface area contributed by atoms with Crippen molar-refractivity contribution in [3.05, 3.63) is 48.0 Å². The van der Waals surface area contributed by atoms with Crippen LogP contribution in [0, 0.1) is 0 Å². The van der Waals surface area contributed by atoms with Crippen molar-refractivity contribution in [2.75, 3.05) is 25.0 Å². The van der Waals surface area contributed by atoms with Crippen molar-refractivity contribution in [2.24, 2.45) is 0 Å². The van der Waals surface area contributed by atoms with E-state index in [9.17, 15) is 0 Å². The molecule has 0 radical (unpaired) electrons. The Kier molecular flexibility index (Phi) is 5.18. The van der Waals surface area contributed by atoms with E-state index in [-0.39, 0.29) is 6.04 Å². The smallest absolute Gasteiger partial charge is 0.225 e. The second-order valence-corrected chi connectivity index (χ2v) is 6.28. The molecule has 2 aromatic rings. The Labute approximate surface area is 138 Å². The van der Waals surface area contributed by atoms with Crippen molar-refractivity contribution in [1.82, 2.24) is 19.9 Å². The third kappa shape index (κ3) is 4.05. The van der Waals surface area contributed by atoms with Crippen LogP contribution in [0.5, 0.6) is 0 Å². The first-order valence-electron chi connectivity index (χ1n) is 8.41. The average molecular weight is 311 g/mol. The molecule has 0 aliphatic carbocycles. The summed E-state index contributed by atoms with van der Waals surface area (Å²) in [7, 11) is 2.11. The average Bonchev–Trinajstić information content (AvgIpc) is 2.63. The van der Waals surface area contributed by atoms with Crippen LogP contribution in [-0.2, 0) is 6.54 Å². The maximum absolute atomic E-state index is 4.56. The summed E-state index contributed by atoms with van der Waals surface area (Å²) in [5.41, 5.74) is 2.22. The Morgan fingerprint density at radius 2 is 1.83 bits per heavy atom. The quantitative estimate of drug-likeness (QED) is 0.849. The lowest BCUT2D eigenvalue weighted by Gasteiger charge is -2.27. The van der Waals surface area contributed by atoms with Crippen molar-refractivity contribution in [1.29, 1.82) is 0 Å². The molecule has 1 aliphatic heterocycles. The van der Waals surface area contributed by atoms with Gasteiger partial charge >= 0.3 is 0 Å². The highest BCUT2D eigenvalue weighted by Gasteiger charge is 2.15. The van der Waals surface area contributed by atoms with Gasteiger partial charge in [-0.15, -0.1) is 0 Å². The fourth-order valence-corrected chi connectivity index (χ4v) is 2.96. The minimum Gasteiger partial charge on any atom is -0.341 e. The predicted octanol–water partition coefficient (Wildman–Crippen LogP) is 3.05. The number of pyridine rings is 1. The molecule has 3 rings (SSSR count). The van der Waals surface area contributed by atoms with Gasteiger partial charge in [0, 0.05) is 49.8 Å². The molecule has 122 valence electrons. The topological polar surface area (TPSA) is 45.2 Å². The Balaban J connectivity index is 1.61. The van der Waals surface area contributed by atoms with Crippen LogP contribution < -0.4 is 4.90 Å². The lowest BCUT2D eigenvalue weighted by Crippen LogP contribution is -2.31. The lowest BCUT2D eigenvalue weighted by atomic mass is 10.1. The second kappa shape index (κ2) is 7.51. The van der Waals surface area contributed by atoms with Crippen LogP contribution in [0.3, 0.4) is 0 Å². The second-order valence-electron chi connectivity index (χ2n) is 6.28. The van der Waals surface area contributed by atoms with E-state index in [1.54, 1.807) is 0 Å². The van der Waals surface area contributed by atoms with Crippen LogP contribution in [0.25, 0.3) is 0 Å². The van der Waals surface area contributed by atoms with E-state index in [0.717, 1.165) is 36.8 Å². The van der Waals surface area contributed by atoms with Gasteiger partial charge < -0.3 is 4.90 Å². The van der Waals surface area contributed by atoms with Gasteiger partial charge in [-0.1, -0.05) is 6.07 Å². The lowest BCUT2D eigenvalue weighted by molar-refractivity contribution is 0.248. The van der Waals surface area contributed by atoms with Crippen LogP contribution in [0.1, 0.15) is 43.5 Å². The van der Waals surface area contributed by atoms with Crippen LogP contribution in [0.4, 0.5) is 5.95 Å². The van der Waals surface area contributed by atoms with Gasteiger partial charge in [-0.2, -0.15) is 0 Å². The molecule has 23 heavy (non-hydrogen) atoms. The number of hydrogen-bond acceptors (Lipinski definition) is 5. The molecule has 1 atom stereocenters. The summed E-state index contributed by atoms with van der Waals surface area (Å²) in [5, 5.41) is 0. The molecule has 0 saturated carbocycles. The van der Waals surface area contributed by atoms with Gasteiger partial charge in [0.1, 0.15) is 0 Å². The van der Waals surface area contributed by atoms with Gasteiger partial charge in [-0.3, -0.25) is 9.88 Å². The molecule has 0 unspecified atom stereocenters. The van der Waals surface area contributed by atoms with Crippen LogP contribution in [0.2, 0.25) is 0 Å². The van der Waals surface area contributed by atoms with Crippen molar-refractivity contribution in [3.8, 4) is 0 Å². The molecule has 5 nitrogen and oxygen atoms in total. The monoisotopic (exact) mass is 311 g/mol. The van der Waals surface area contributed by atoms with Crippen LogP contribution >= 0.6 is 0 Å². The summed E-state index contributed by atoms with van der Waals surface area (Å²) in [4.78, 5) is 18.1. The molecule has 0 aromatic carbocycles. The molecule has 3 heterocycles. The van der Waals surface area contributed by atoms with Crippen molar-refractivity contribution in [3.63, 3.8) is 0 Å². The summed E-state index contributed by atoms with van der Waals surface area (Å²) in [6.45, 7) is 5.15. The largest absolute Gasteiger partial charge is 0.341 e. The molecule has 1 aliphatic rings. The number of piperidine rings is 1. The number of aromatic nitrogens is 3. The fraction of sp³-hybridized carbons (Fsp3) is 0.500. The highest BCUT2D eigenvalue weighted by Crippen LogP contribution is 2.19. The summed E-state index contributed by atoms with van der Waals surface area (Å²) >= 11 is 0. The molecule has 2 aromatic heterocycles. The minimum absolute atomic E-state index is 0.262. The SMILES string of the molecule is C[C@@H](c1ccccn1)N(C)Cc1cnc(N2CCCCC2)nc1. The summed E-state index contributed by atoms with van der Waals surface area (Å²) in [5.74, 6) is 0.869. The molecule has 0 N–H and O–H groups in total. The first-order chi connectivity index (χ1) is 11.2. The van der Waals surface area contributed by atoms with Gasteiger partial charge in [0.05, 0.1) is 5.69 Å². The predicted molar refractivity (Wildman–Crippen MR) is 92.2 cm³/mol. The number of nitrogens with zero attached hydrogens (tertiary/aromatic N) is 5. The molecular weight excluding hydrogens is 286 g/mol. The minimum atomic E-state index is 0.262. The van der Waals surface area contributed by atoms with Gasteiger partial charge in [0.25, 0.3) is 0 Å². The molecular formula is C18H25N5. The first-order valence-corrected chi connectivity index (χ1v) is 8.41. The van der Waals surface area contributed by atoms with Crippen molar-refractivity contribution >= 4 is 5.95 Å². The third-order valence-corrected chi connectivity index (χ3v) is 4.54. The van der Waals surface area contributed by atoms with Crippen molar-refractivity contribution in [2.45, 2.75) is 38.8 Å². The van der Waals surface area contributed by atoms with E-state index in [1.807, 2.05) is 30.7 Å². The zero-order valence-corrected chi connectivity index (χ0v) is 14.0. The Morgan fingerprint density at radius 3 is 2.48 bits per heavy atom. The highest BCUT2D eigenvalue weighted by molar-refractivity contribution is 5.30. The molecule has 0 bridgehead atoms. The Bertz CT molecular complexity index is 593. The highest BCUT2D eigenvalue weighted by atomic mass is 15.2. The zero-order valence-electron chi connectivity index (χ0n) is 14.0. The molecule has 5 heteroatoms. The maximum Gasteiger partial charge on any atom is 0.225 e. The maximum atomic E-state index is 4.56. The first kappa shape index (κ1) is 15.9. The van der Waals surface area contributed by atoms with E-state index in [1.165, 1.54) is 19.3 Å². The Hall–Kier alpha value is -2.01. The van der Waals surface area contributed by atoms with E-state index >= 15 is 0 Å². The molecule has 0 amide bonds. The standard InChI is InChI=1S/C18H25N5/c1-15(17-8-4-5-9-19-17)22(2)14-16-12-20-18(21-13-16)23-10-6-3-7-11-23/h4-5,8-9,12-13,15H,3,6-7,10-11,14H2,1-2H3/t15-/m0/s1. The molecule has 1 saturated heterocycles. The summed E-state index contributed by atoms with van der Waals surface area (Å²) in [6.07, 6.45) is 9.57. The number of anilines is 1. The van der Waals surface area contributed by atoms with Gasteiger partial charge in [-0.25, -0.2) is 9.97 Å². The molecule has 1 fully saturated rings. The Morgan fingerprint density at radius 1 is 1.09 bits per heavy atom. The van der Waals surface area contributed by atoms with E-state index in [0.29, 0.717) is 0 Å². The van der Waals surface area contributed by atoms with Gasteiger partial charge in [0.15, 0.2) is 0 Å². The van der Waals surface area contributed by atoms with Crippen molar-refractivity contribution < 1.29 is 0 Å². The van der Waals surface area contributed by atoms with Gasteiger partial charge in [0.2, 0.25) is 5.95 Å². The van der Waals surface area contributed by atoms with Gasteiger partial charge in [-0.05, 0) is 45.4 Å². The van der Waals surface area contributed by atoms with E-state index in [2.05, 4.69) is 44.8 Å². The van der Waals surface area contributed by atoms with Crippen LogP contribution in [-0.4, -0.2) is 40.0 Å². The van der Waals surface area contributed by atoms with E-state index in [4.69, 9.17) is 0 Å². The normalized spacial score (nSPS) is 16.6. The summed E-state index contributed by atoms with van der Waals surface area (Å²) in [6, 6.07) is 6.31. The zero-order chi connectivity index (χ0) is 16.1. The number of rotatable bonds is 5. The summed E-state index contributed by atoms with van der Waals surface area (Å²) < 4.78 is 0. The van der Waals surface area contributed by atoms with E-state index < -0.39 is 0 Å².